The van der Waals surface area contributed by atoms with Crippen molar-refractivity contribution in [1.82, 2.24) is 0 Å². The number of aryl methyl sites for hydroxylation is 2. The molecule has 2 aromatic rings. The lowest BCUT2D eigenvalue weighted by Crippen LogP contribution is -2.35. The number of nitrogens with one attached hydrogen (secondary N) is 1. The largest absolute Gasteiger partial charge is 0.381 e. The first-order valence-electron chi connectivity index (χ1n) is 7.54. The molecule has 2 unspecified atom stereocenters. The molecule has 104 valence electrons. The smallest absolute Gasteiger partial charge is 0.0375 e. The van der Waals surface area contributed by atoms with Crippen LogP contribution < -0.4 is 5.32 Å². The lowest BCUT2D eigenvalue weighted by Gasteiger charge is -2.33. The lowest BCUT2D eigenvalue weighted by molar-refractivity contribution is 0.461. The van der Waals surface area contributed by atoms with Gasteiger partial charge in [-0.05, 0) is 55.4 Å². The highest BCUT2D eigenvalue weighted by Gasteiger charge is 2.24. The molecule has 2 atom stereocenters. The fourth-order valence-electron chi connectivity index (χ4n) is 3.18. The first-order valence-corrected chi connectivity index (χ1v) is 7.54. The van der Waals surface area contributed by atoms with Crippen molar-refractivity contribution in [3.8, 4) is 0 Å². The number of hydrogen-bond acceptors (Lipinski definition) is 1. The maximum atomic E-state index is 3.74. The minimum Gasteiger partial charge on any atom is -0.381 e. The molecule has 3 rings (SSSR count). The predicted octanol–water partition coefficient (Wildman–Crippen LogP) is 4.52. The third-order valence-electron chi connectivity index (χ3n) is 4.53. The van der Waals surface area contributed by atoms with Gasteiger partial charge in [-0.15, -0.1) is 0 Å². The van der Waals surface area contributed by atoms with Gasteiger partial charge in [-0.2, -0.15) is 0 Å². The molecule has 0 bridgehead atoms. The fraction of sp³-hybridized carbons (Fsp3) is 0.368. The number of hydrogen-bond donors (Lipinski definition) is 1. The maximum absolute atomic E-state index is 3.74. The molecule has 0 aliphatic carbocycles. The van der Waals surface area contributed by atoms with E-state index in [1.165, 1.54) is 34.4 Å². The lowest BCUT2D eigenvalue weighted by atomic mass is 9.84. The summed E-state index contributed by atoms with van der Waals surface area (Å²) >= 11 is 0. The van der Waals surface area contributed by atoms with Crippen LogP contribution >= 0.6 is 0 Å². The SMILES string of the molecule is Cc1ccc(C)c(CC2Nc3ccccc3CC2C)c1. The van der Waals surface area contributed by atoms with Crippen LogP contribution in [0.3, 0.4) is 0 Å². The van der Waals surface area contributed by atoms with Crippen molar-refractivity contribution < 1.29 is 0 Å². The van der Waals surface area contributed by atoms with Gasteiger partial charge in [-0.1, -0.05) is 48.9 Å². The Kier molecular flexibility index (Phi) is 3.52. The Morgan fingerprint density at radius 1 is 1.10 bits per heavy atom. The molecule has 0 spiro atoms. The van der Waals surface area contributed by atoms with Gasteiger partial charge in [-0.3, -0.25) is 0 Å². The number of rotatable bonds is 2. The first kappa shape index (κ1) is 13.2. The molecule has 0 aromatic heterocycles. The Morgan fingerprint density at radius 3 is 2.75 bits per heavy atom. The van der Waals surface area contributed by atoms with Gasteiger partial charge in [-0.25, -0.2) is 0 Å². The van der Waals surface area contributed by atoms with Crippen LogP contribution in [0.15, 0.2) is 42.5 Å². The van der Waals surface area contributed by atoms with Crippen molar-refractivity contribution >= 4 is 5.69 Å². The standard InChI is InChI=1S/C19H23N/c1-13-8-9-14(2)17(10-13)12-19-15(3)11-16-6-4-5-7-18(16)20-19/h4-10,15,19-20H,11-12H2,1-3H3. The van der Waals surface area contributed by atoms with Crippen LogP contribution in [0, 0.1) is 19.8 Å². The Bertz CT molecular complexity index is 615. The van der Waals surface area contributed by atoms with E-state index < -0.39 is 0 Å². The third kappa shape index (κ3) is 2.58. The molecular formula is C19H23N. The van der Waals surface area contributed by atoms with Gasteiger partial charge >= 0.3 is 0 Å². The molecule has 0 saturated heterocycles. The maximum Gasteiger partial charge on any atom is 0.0375 e. The molecule has 2 aromatic carbocycles. The highest BCUT2D eigenvalue weighted by Crippen LogP contribution is 2.30. The number of anilines is 1. The zero-order valence-corrected chi connectivity index (χ0v) is 12.6. The summed E-state index contributed by atoms with van der Waals surface area (Å²) in [6.07, 6.45) is 2.29. The van der Waals surface area contributed by atoms with Crippen molar-refractivity contribution in [2.24, 2.45) is 5.92 Å². The van der Waals surface area contributed by atoms with Crippen LogP contribution in [-0.4, -0.2) is 6.04 Å². The van der Waals surface area contributed by atoms with Gasteiger partial charge in [0.2, 0.25) is 0 Å². The second kappa shape index (κ2) is 5.32. The predicted molar refractivity (Wildman–Crippen MR) is 86.3 cm³/mol. The zero-order valence-electron chi connectivity index (χ0n) is 12.6. The van der Waals surface area contributed by atoms with E-state index >= 15 is 0 Å². The van der Waals surface area contributed by atoms with Crippen molar-refractivity contribution in [1.29, 1.82) is 0 Å². The Balaban J connectivity index is 1.83. The van der Waals surface area contributed by atoms with Crippen LogP contribution in [0.5, 0.6) is 0 Å². The van der Waals surface area contributed by atoms with E-state index in [4.69, 9.17) is 0 Å². The molecule has 20 heavy (non-hydrogen) atoms. The van der Waals surface area contributed by atoms with E-state index in [2.05, 4.69) is 68.6 Å². The van der Waals surface area contributed by atoms with Gasteiger partial charge in [0.25, 0.3) is 0 Å². The quantitative estimate of drug-likeness (QED) is 0.842. The topological polar surface area (TPSA) is 12.0 Å². The minimum absolute atomic E-state index is 0.533. The van der Waals surface area contributed by atoms with Crippen LogP contribution in [-0.2, 0) is 12.8 Å². The molecule has 1 heterocycles. The van der Waals surface area contributed by atoms with Gasteiger partial charge in [0, 0.05) is 11.7 Å². The summed E-state index contributed by atoms with van der Waals surface area (Å²) in [4.78, 5) is 0. The minimum atomic E-state index is 0.533. The average molecular weight is 265 g/mol. The first-order chi connectivity index (χ1) is 9.63. The number of para-hydroxylation sites is 1. The highest BCUT2D eigenvalue weighted by molar-refractivity contribution is 5.54. The van der Waals surface area contributed by atoms with Crippen molar-refractivity contribution in [2.75, 3.05) is 5.32 Å². The summed E-state index contributed by atoms with van der Waals surface area (Å²) < 4.78 is 0. The Morgan fingerprint density at radius 2 is 1.90 bits per heavy atom. The molecular weight excluding hydrogens is 242 g/mol. The van der Waals surface area contributed by atoms with Crippen molar-refractivity contribution in [2.45, 2.75) is 39.7 Å². The summed E-state index contributed by atoms with van der Waals surface area (Å²) in [5.41, 5.74) is 7.02. The molecule has 0 amide bonds. The van der Waals surface area contributed by atoms with Crippen LogP contribution in [0.1, 0.15) is 29.2 Å². The van der Waals surface area contributed by atoms with E-state index in [0.29, 0.717) is 12.0 Å². The monoisotopic (exact) mass is 265 g/mol. The fourth-order valence-corrected chi connectivity index (χ4v) is 3.18. The molecule has 1 nitrogen and oxygen atoms in total. The zero-order chi connectivity index (χ0) is 14.1. The third-order valence-corrected chi connectivity index (χ3v) is 4.53. The molecule has 1 aliphatic rings. The normalized spacial score (nSPS) is 21.1. The number of fused-ring (bicyclic) bond motifs is 1. The Labute approximate surface area is 122 Å². The second-order valence-electron chi connectivity index (χ2n) is 6.22. The average Bonchev–Trinajstić information content (AvgIpc) is 2.43. The molecule has 0 radical (unpaired) electrons. The second-order valence-corrected chi connectivity index (χ2v) is 6.22. The van der Waals surface area contributed by atoms with E-state index in [9.17, 15) is 0 Å². The van der Waals surface area contributed by atoms with E-state index in [-0.39, 0.29) is 0 Å². The summed E-state index contributed by atoms with van der Waals surface area (Å²) in [7, 11) is 0. The van der Waals surface area contributed by atoms with E-state index in [0.717, 1.165) is 6.42 Å². The molecule has 1 N–H and O–H groups in total. The van der Waals surface area contributed by atoms with Gasteiger partial charge in [0.15, 0.2) is 0 Å². The van der Waals surface area contributed by atoms with E-state index in [1.807, 2.05) is 0 Å². The summed E-state index contributed by atoms with van der Waals surface area (Å²) in [6, 6.07) is 16.0. The van der Waals surface area contributed by atoms with E-state index in [1.54, 1.807) is 0 Å². The Hall–Kier alpha value is -1.76. The van der Waals surface area contributed by atoms with Crippen LogP contribution in [0.25, 0.3) is 0 Å². The molecule has 1 heteroatoms. The number of benzene rings is 2. The van der Waals surface area contributed by atoms with Gasteiger partial charge in [0.1, 0.15) is 0 Å². The van der Waals surface area contributed by atoms with Crippen molar-refractivity contribution in [3.63, 3.8) is 0 Å². The molecule has 0 fully saturated rings. The highest BCUT2D eigenvalue weighted by atomic mass is 14.9. The molecule has 1 aliphatic heterocycles. The summed E-state index contributed by atoms with van der Waals surface area (Å²) in [5, 5.41) is 3.74. The summed E-state index contributed by atoms with van der Waals surface area (Å²) in [6.45, 7) is 6.75. The van der Waals surface area contributed by atoms with Gasteiger partial charge < -0.3 is 5.32 Å². The molecule has 0 saturated carbocycles. The van der Waals surface area contributed by atoms with Crippen LogP contribution in [0.4, 0.5) is 5.69 Å². The van der Waals surface area contributed by atoms with Gasteiger partial charge in [0.05, 0.1) is 0 Å². The van der Waals surface area contributed by atoms with Crippen LogP contribution in [0.2, 0.25) is 0 Å². The summed E-state index contributed by atoms with van der Waals surface area (Å²) in [5.74, 6) is 0.671. The van der Waals surface area contributed by atoms with Crippen molar-refractivity contribution in [3.05, 3.63) is 64.7 Å².